The van der Waals surface area contributed by atoms with Crippen molar-refractivity contribution >= 4 is 11.6 Å². The molecule has 1 aromatic heterocycles. The number of nitrogens with zero attached hydrogens (tertiary/aromatic N) is 2. The predicted octanol–water partition coefficient (Wildman–Crippen LogP) is 0.323. The van der Waals surface area contributed by atoms with Crippen molar-refractivity contribution in [1.29, 1.82) is 0 Å². The van der Waals surface area contributed by atoms with E-state index in [1.807, 2.05) is 17.1 Å². The maximum Gasteiger partial charge on any atom is 0.240 e. The van der Waals surface area contributed by atoms with Gasteiger partial charge in [0.1, 0.15) is 0 Å². The summed E-state index contributed by atoms with van der Waals surface area (Å²) < 4.78 is 0. The van der Waals surface area contributed by atoms with Gasteiger partial charge in [-0.3, -0.25) is 20.2 Å². The highest BCUT2D eigenvalue weighted by atomic mass is 16.2. The lowest BCUT2D eigenvalue weighted by Crippen LogP contribution is -2.32. The third-order valence-corrected chi connectivity index (χ3v) is 1.80. The fourth-order valence-electron chi connectivity index (χ4n) is 1.19. The Hall–Kier alpha value is -1.58. The highest BCUT2D eigenvalue weighted by Gasteiger charge is 2.17. The molecule has 0 spiro atoms. The number of carbonyl (C=O) groups excluding carboxylic acids is 1. The first-order valence-corrected chi connectivity index (χ1v) is 3.83. The number of carbonyl (C=O) groups is 1. The second-order valence-electron chi connectivity index (χ2n) is 2.64. The standard InChI is InChI=1S/C8H9N3O/c12-8-3-6-11(10-8)7-1-4-9-5-2-7/h1-2,4-5H,3,6H2,(H,10,12). The van der Waals surface area contributed by atoms with E-state index in [2.05, 4.69) is 10.4 Å². The highest BCUT2D eigenvalue weighted by Crippen LogP contribution is 2.12. The molecule has 1 N–H and O–H groups in total. The van der Waals surface area contributed by atoms with E-state index in [1.54, 1.807) is 12.4 Å². The molecule has 4 nitrogen and oxygen atoms in total. The van der Waals surface area contributed by atoms with Crippen LogP contribution in [0, 0.1) is 0 Å². The minimum absolute atomic E-state index is 0.0758. The molecule has 0 bridgehead atoms. The van der Waals surface area contributed by atoms with Crippen LogP contribution in [0.3, 0.4) is 0 Å². The number of aromatic nitrogens is 1. The molecule has 0 radical (unpaired) electrons. The Labute approximate surface area is 70.2 Å². The van der Waals surface area contributed by atoms with Crippen molar-refractivity contribution in [2.75, 3.05) is 11.6 Å². The summed E-state index contributed by atoms with van der Waals surface area (Å²) in [5.74, 6) is 0.0758. The van der Waals surface area contributed by atoms with Gasteiger partial charge < -0.3 is 0 Å². The second kappa shape index (κ2) is 2.81. The van der Waals surface area contributed by atoms with E-state index in [4.69, 9.17) is 0 Å². The minimum Gasteiger partial charge on any atom is -0.285 e. The average Bonchev–Trinajstić information content (AvgIpc) is 2.54. The van der Waals surface area contributed by atoms with Crippen molar-refractivity contribution in [3.05, 3.63) is 24.5 Å². The summed E-state index contributed by atoms with van der Waals surface area (Å²) in [6.07, 6.45) is 3.99. The fraction of sp³-hybridized carbons (Fsp3) is 0.250. The van der Waals surface area contributed by atoms with Crippen LogP contribution in [0.15, 0.2) is 24.5 Å². The molecule has 2 heterocycles. The van der Waals surface area contributed by atoms with E-state index < -0.39 is 0 Å². The van der Waals surface area contributed by atoms with Gasteiger partial charge in [-0.15, -0.1) is 0 Å². The van der Waals surface area contributed by atoms with E-state index in [9.17, 15) is 4.79 Å². The molecule has 2 rings (SSSR count). The Morgan fingerprint density at radius 3 is 2.75 bits per heavy atom. The molecule has 1 aromatic rings. The van der Waals surface area contributed by atoms with Crippen molar-refractivity contribution in [2.45, 2.75) is 6.42 Å². The average molecular weight is 163 g/mol. The SMILES string of the molecule is O=C1CCN(c2ccncc2)N1. The topological polar surface area (TPSA) is 45.2 Å². The Balaban J connectivity index is 2.16. The number of hydrogen-bond acceptors (Lipinski definition) is 3. The maximum atomic E-state index is 10.9. The van der Waals surface area contributed by atoms with Gasteiger partial charge in [0.15, 0.2) is 0 Å². The van der Waals surface area contributed by atoms with Crippen LogP contribution in [-0.4, -0.2) is 17.4 Å². The van der Waals surface area contributed by atoms with E-state index >= 15 is 0 Å². The summed E-state index contributed by atoms with van der Waals surface area (Å²) in [5, 5.41) is 1.82. The van der Waals surface area contributed by atoms with Crippen molar-refractivity contribution < 1.29 is 4.79 Å². The Kier molecular flexibility index (Phi) is 1.66. The molecule has 0 aliphatic carbocycles. The fourth-order valence-corrected chi connectivity index (χ4v) is 1.19. The van der Waals surface area contributed by atoms with Crippen molar-refractivity contribution in [3.8, 4) is 0 Å². The molecule has 1 aliphatic heterocycles. The molecule has 0 unspecified atom stereocenters. The first-order chi connectivity index (χ1) is 5.86. The molecule has 1 saturated heterocycles. The van der Waals surface area contributed by atoms with Crippen LogP contribution in [0.1, 0.15) is 6.42 Å². The maximum absolute atomic E-state index is 10.9. The van der Waals surface area contributed by atoms with Crippen molar-refractivity contribution in [3.63, 3.8) is 0 Å². The van der Waals surface area contributed by atoms with Gasteiger partial charge in [-0.05, 0) is 12.1 Å². The van der Waals surface area contributed by atoms with Crippen LogP contribution in [0.5, 0.6) is 0 Å². The number of amides is 1. The lowest BCUT2D eigenvalue weighted by Gasteiger charge is -2.16. The molecule has 0 aromatic carbocycles. The minimum atomic E-state index is 0.0758. The second-order valence-corrected chi connectivity index (χ2v) is 2.64. The number of hydrazine groups is 1. The Bertz CT molecular complexity index is 286. The molecule has 1 fully saturated rings. The van der Waals surface area contributed by atoms with Gasteiger partial charge in [-0.25, -0.2) is 0 Å². The van der Waals surface area contributed by atoms with Gasteiger partial charge in [-0.2, -0.15) is 0 Å². The largest absolute Gasteiger partial charge is 0.285 e. The zero-order valence-electron chi connectivity index (χ0n) is 6.53. The predicted molar refractivity (Wildman–Crippen MR) is 44.3 cm³/mol. The van der Waals surface area contributed by atoms with Gasteiger partial charge in [0.2, 0.25) is 5.91 Å². The smallest absolute Gasteiger partial charge is 0.240 e. The van der Waals surface area contributed by atoms with Crippen LogP contribution in [-0.2, 0) is 4.79 Å². The molecular weight excluding hydrogens is 154 g/mol. The van der Waals surface area contributed by atoms with Gasteiger partial charge in [0.25, 0.3) is 0 Å². The highest BCUT2D eigenvalue weighted by molar-refractivity contribution is 5.81. The van der Waals surface area contributed by atoms with Crippen LogP contribution in [0.25, 0.3) is 0 Å². The zero-order valence-corrected chi connectivity index (χ0v) is 6.53. The molecule has 0 saturated carbocycles. The Morgan fingerprint density at radius 2 is 2.17 bits per heavy atom. The Morgan fingerprint density at radius 1 is 1.42 bits per heavy atom. The zero-order chi connectivity index (χ0) is 8.39. The quantitative estimate of drug-likeness (QED) is 0.648. The third kappa shape index (κ3) is 1.23. The summed E-state index contributed by atoms with van der Waals surface area (Å²) in [7, 11) is 0. The number of anilines is 1. The van der Waals surface area contributed by atoms with Crippen molar-refractivity contribution in [1.82, 2.24) is 10.4 Å². The first kappa shape index (κ1) is 7.09. The number of pyridine rings is 1. The number of hydrogen-bond donors (Lipinski definition) is 1. The molecular formula is C8H9N3O. The van der Waals surface area contributed by atoms with Crippen LogP contribution in [0.2, 0.25) is 0 Å². The lowest BCUT2D eigenvalue weighted by atomic mass is 10.4. The molecule has 4 heteroatoms. The molecule has 1 aliphatic rings. The van der Waals surface area contributed by atoms with Crippen molar-refractivity contribution in [2.24, 2.45) is 0 Å². The summed E-state index contributed by atoms with van der Waals surface area (Å²) in [6.45, 7) is 0.739. The molecule has 1 amide bonds. The lowest BCUT2D eigenvalue weighted by molar-refractivity contribution is -0.119. The summed E-state index contributed by atoms with van der Waals surface area (Å²) in [5.41, 5.74) is 3.72. The summed E-state index contributed by atoms with van der Waals surface area (Å²) in [4.78, 5) is 14.8. The number of rotatable bonds is 1. The monoisotopic (exact) mass is 163 g/mol. The van der Waals surface area contributed by atoms with E-state index in [0.29, 0.717) is 6.42 Å². The van der Waals surface area contributed by atoms with Gasteiger partial charge in [0.05, 0.1) is 5.69 Å². The van der Waals surface area contributed by atoms with Crippen LogP contribution in [0.4, 0.5) is 5.69 Å². The molecule has 62 valence electrons. The number of nitrogens with one attached hydrogen (secondary N) is 1. The van der Waals surface area contributed by atoms with Gasteiger partial charge in [-0.1, -0.05) is 0 Å². The molecule has 0 atom stereocenters. The summed E-state index contributed by atoms with van der Waals surface area (Å²) in [6, 6.07) is 3.73. The van der Waals surface area contributed by atoms with E-state index in [1.165, 1.54) is 0 Å². The van der Waals surface area contributed by atoms with Gasteiger partial charge >= 0.3 is 0 Å². The van der Waals surface area contributed by atoms with E-state index in [0.717, 1.165) is 12.2 Å². The van der Waals surface area contributed by atoms with Gasteiger partial charge in [0, 0.05) is 25.4 Å². The summed E-state index contributed by atoms with van der Waals surface area (Å²) >= 11 is 0. The van der Waals surface area contributed by atoms with E-state index in [-0.39, 0.29) is 5.91 Å². The molecule has 12 heavy (non-hydrogen) atoms. The normalized spacial score (nSPS) is 16.3. The van der Waals surface area contributed by atoms with Crippen LogP contribution < -0.4 is 10.4 Å². The third-order valence-electron chi connectivity index (χ3n) is 1.80. The van der Waals surface area contributed by atoms with Crippen LogP contribution >= 0.6 is 0 Å². The first-order valence-electron chi connectivity index (χ1n) is 3.83.